The smallest absolute Gasteiger partial charge is 0.418 e. The summed E-state index contributed by atoms with van der Waals surface area (Å²) in [5, 5.41) is 4.99. The van der Waals surface area contributed by atoms with E-state index in [4.69, 9.17) is 0 Å². The first-order chi connectivity index (χ1) is 11.8. The van der Waals surface area contributed by atoms with Crippen molar-refractivity contribution in [1.29, 1.82) is 0 Å². The van der Waals surface area contributed by atoms with Crippen molar-refractivity contribution in [2.75, 3.05) is 24.3 Å². The Labute approximate surface area is 141 Å². The van der Waals surface area contributed by atoms with Crippen molar-refractivity contribution in [3.8, 4) is 0 Å². The fraction of sp³-hybridized carbons (Fsp3) is 0.176. The van der Waals surface area contributed by atoms with E-state index in [1.54, 1.807) is 12.1 Å². The Morgan fingerprint density at radius 3 is 2.28 bits per heavy atom. The number of para-hydroxylation sites is 1. The number of carbonyl (C=O) groups is 2. The van der Waals surface area contributed by atoms with Crippen molar-refractivity contribution in [3.05, 3.63) is 59.7 Å². The number of hydrogen-bond donors (Lipinski definition) is 2. The number of amides is 1. The Morgan fingerprint density at radius 2 is 1.68 bits per heavy atom. The van der Waals surface area contributed by atoms with Crippen LogP contribution in [0.4, 0.5) is 24.5 Å². The number of halogens is 3. The van der Waals surface area contributed by atoms with Gasteiger partial charge in [0.1, 0.15) is 0 Å². The van der Waals surface area contributed by atoms with Gasteiger partial charge < -0.3 is 15.4 Å². The van der Waals surface area contributed by atoms with Gasteiger partial charge in [0.05, 0.1) is 30.5 Å². The molecule has 0 aromatic heterocycles. The molecule has 2 aromatic rings. The highest BCUT2D eigenvalue weighted by Gasteiger charge is 2.33. The van der Waals surface area contributed by atoms with Gasteiger partial charge in [-0.15, -0.1) is 0 Å². The van der Waals surface area contributed by atoms with Crippen LogP contribution >= 0.6 is 0 Å². The van der Waals surface area contributed by atoms with Crippen molar-refractivity contribution in [2.24, 2.45) is 0 Å². The molecule has 0 bridgehead atoms. The Balaban J connectivity index is 1.97. The molecule has 0 unspecified atom stereocenters. The second kappa shape index (κ2) is 7.69. The van der Waals surface area contributed by atoms with Crippen molar-refractivity contribution < 1.29 is 27.5 Å². The van der Waals surface area contributed by atoms with Gasteiger partial charge in [-0.2, -0.15) is 13.2 Å². The van der Waals surface area contributed by atoms with E-state index in [2.05, 4.69) is 15.4 Å². The molecule has 0 heterocycles. The van der Waals surface area contributed by atoms with Crippen LogP contribution in [0.5, 0.6) is 0 Å². The first-order valence-corrected chi connectivity index (χ1v) is 7.19. The van der Waals surface area contributed by atoms with Gasteiger partial charge in [-0.1, -0.05) is 12.1 Å². The van der Waals surface area contributed by atoms with E-state index in [-0.39, 0.29) is 12.2 Å². The van der Waals surface area contributed by atoms with Crippen LogP contribution in [0.2, 0.25) is 0 Å². The van der Waals surface area contributed by atoms with Crippen LogP contribution in [0.3, 0.4) is 0 Å². The molecule has 132 valence electrons. The zero-order valence-corrected chi connectivity index (χ0v) is 13.2. The number of alkyl halides is 3. The number of rotatable bonds is 5. The molecule has 0 saturated carbocycles. The molecule has 0 aliphatic carbocycles. The monoisotopic (exact) mass is 352 g/mol. The molecule has 0 saturated heterocycles. The number of hydrogen-bond acceptors (Lipinski definition) is 4. The predicted octanol–water partition coefficient (Wildman–Crippen LogP) is 3.54. The van der Waals surface area contributed by atoms with Gasteiger partial charge in [0.25, 0.3) is 0 Å². The van der Waals surface area contributed by atoms with Gasteiger partial charge in [0.2, 0.25) is 5.91 Å². The molecule has 0 aliphatic heterocycles. The lowest BCUT2D eigenvalue weighted by Crippen LogP contribution is -2.23. The van der Waals surface area contributed by atoms with E-state index < -0.39 is 23.6 Å². The largest absolute Gasteiger partial charge is 0.465 e. The molecule has 2 rings (SSSR count). The van der Waals surface area contributed by atoms with Gasteiger partial charge in [-0.05, 0) is 36.4 Å². The lowest BCUT2D eigenvalue weighted by molar-refractivity contribution is -0.137. The number of benzene rings is 2. The normalized spacial score (nSPS) is 10.9. The molecule has 0 aliphatic rings. The summed E-state index contributed by atoms with van der Waals surface area (Å²) < 4.78 is 43.2. The van der Waals surface area contributed by atoms with E-state index in [0.29, 0.717) is 11.3 Å². The fourth-order valence-electron chi connectivity index (χ4n) is 2.06. The number of nitrogens with one attached hydrogen (secondary N) is 2. The molecule has 25 heavy (non-hydrogen) atoms. The highest BCUT2D eigenvalue weighted by Crippen LogP contribution is 2.34. The molecule has 2 N–H and O–H groups in total. The zero-order valence-electron chi connectivity index (χ0n) is 13.2. The van der Waals surface area contributed by atoms with Crippen LogP contribution < -0.4 is 10.6 Å². The van der Waals surface area contributed by atoms with E-state index in [0.717, 1.165) is 6.07 Å². The minimum absolute atomic E-state index is 0.232. The van der Waals surface area contributed by atoms with Crippen molar-refractivity contribution in [1.82, 2.24) is 0 Å². The van der Waals surface area contributed by atoms with E-state index >= 15 is 0 Å². The summed E-state index contributed by atoms with van der Waals surface area (Å²) >= 11 is 0. The average molecular weight is 352 g/mol. The minimum Gasteiger partial charge on any atom is -0.465 e. The maximum atomic E-state index is 12.9. The van der Waals surface area contributed by atoms with Crippen LogP contribution in [-0.2, 0) is 15.7 Å². The lowest BCUT2D eigenvalue weighted by Gasteiger charge is -2.14. The average Bonchev–Trinajstić information content (AvgIpc) is 2.59. The van der Waals surface area contributed by atoms with Gasteiger partial charge in [-0.25, -0.2) is 4.79 Å². The van der Waals surface area contributed by atoms with E-state index in [9.17, 15) is 22.8 Å². The van der Waals surface area contributed by atoms with Crippen LogP contribution in [0.1, 0.15) is 15.9 Å². The summed E-state index contributed by atoms with van der Waals surface area (Å²) in [6.07, 6.45) is -4.55. The lowest BCUT2D eigenvalue weighted by atomic mass is 10.1. The van der Waals surface area contributed by atoms with Crippen LogP contribution in [0.15, 0.2) is 48.5 Å². The molecule has 0 spiro atoms. The van der Waals surface area contributed by atoms with Gasteiger partial charge >= 0.3 is 12.1 Å². The molecule has 0 radical (unpaired) electrons. The third-order valence-electron chi connectivity index (χ3n) is 3.27. The Hall–Kier alpha value is -3.03. The number of methoxy groups -OCH3 is 1. The third-order valence-corrected chi connectivity index (χ3v) is 3.27. The summed E-state index contributed by atoms with van der Waals surface area (Å²) in [5.74, 6) is -1.12. The first kappa shape index (κ1) is 18.3. The van der Waals surface area contributed by atoms with Crippen LogP contribution in [0.25, 0.3) is 0 Å². The van der Waals surface area contributed by atoms with Gasteiger partial charge in [0, 0.05) is 5.69 Å². The van der Waals surface area contributed by atoms with E-state index in [1.165, 1.54) is 37.4 Å². The number of ether oxygens (including phenoxy) is 1. The van der Waals surface area contributed by atoms with E-state index in [1.807, 2.05) is 0 Å². The highest BCUT2D eigenvalue weighted by molar-refractivity contribution is 5.94. The van der Waals surface area contributed by atoms with Gasteiger partial charge in [-0.3, -0.25) is 4.79 Å². The maximum Gasteiger partial charge on any atom is 0.418 e. The summed E-state index contributed by atoms with van der Waals surface area (Å²) in [7, 11) is 1.26. The molecule has 5 nitrogen and oxygen atoms in total. The summed E-state index contributed by atoms with van der Waals surface area (Å²) in [5.41, 5.74) is -0.336. The molecular weight excluding hydrogens is 337 g/mol. The minimum atomic E-state index is -4.55. The summed E-state index contributed by atoms with van der Waals surface area (Å²) in [6, 6.07) is 10.9. The number of carbonyl (C=O) groups excluding carboxylic acids is 2. The Bertz CT molecular complexity index is 758. The quantitative estimate of drug-likeness (QED) is 0.808. The second-order valence-corrected chi connectivity index (χ2v) is 5.01. The number of anilines is 2. The summed E-state index contributed by atoms with van der Waals surface area (Å²) in [6.45, 7) is -0.232. The second-order valence-electron chi connectivity index (χ2n) is 5.01. The predicted molar refractivity (Wildman–Crippen MR) is 86.3 cm³/mol. The molecule has 2 aromatic carbocycles. The third kappa shape index (κ3) is 4.97. The van der Waals surface area contributed by atoms with Crippen molar-refractivity contribution >= 4 is 23.3 Å². The SMILES string of the molecule is COC(=O)c1ccc(NCC(=O)Nc2ccccc2C(F)(F)F)cc1. The topological polar surface area (TPSA) is 67.4 Å². The molecule has 1 amide bonds. The fourth-order valence-corrected chi connectivity index (χ4v) is 2.06. The first-order valence-electron chi connectivity index (χ1n) is 7.19. The standard InChI is InChI=1S/C17H15F3N2O3/c1-25-16(24)11-6-8-12(9-7-11)21-10-15(23)22-14-5-3-2-4-13(14)17(18,19)20/h2-9,21H,10H2,1H3,(H,22,23). The molecular formula is C17H15F3N2O3. The Morgan fingerprint density at radius 1 is 1.04 bits per heavy atom. The number of esters is 1. The van der Waals surface area contributed by atoms with Gasteiger partial charge in [0.15, 0.2) is 0 Å². The van der Waals surface area contributed by atoms with Crippen LogP contribution in [-0.4, -0.2) is 25.5 Å². The Kier molecular flexibility index (Phi) is 5.63. The highest BCUT2D eigenvalue weighted by atomic mass is 19.4. The van der Waals surface area contributed by atoms with Crippen molar-refractivity contribution in [3.63, 3.8) is 0 Å². The molecule has 8 heteroatoms. The zero-order chi connectivity index (χ0) is 18.4. The summed E-state index contributed by atoms with van der Waals surface area (Å²) in [4.78, 5) is 23.2. The maximum absolute atomic E-state index is 12.9. The van der Waals surface area contributed by atoms with Crippen molar-refractivity contribution in [2.45, 2.75) is 6.18 Å². The molecule has 0 atom stereocenters. The molecule has 0 fully saturated rings. The van der Waals surface area contributed by atoms with Crippen LogP contribution in [0, 0.1) is 0 Å².